The van der Waals surface area contributed by atoms with Crippen LogP contribution in [-0.4, -0.2) is 28.9 Å². The van der Waals surface area contributed by atoms with Crippen molar-refractivity contribution >= 4 is 16.9 Å². The molecule has 1 aromatic heterocycles. The van der Waals surface area contributed by atoms with Gasteiger partial charge in [0.1, 0.15) is 23.9 Å². The standard InChI is InChI=1S/C29H32F3NO3/c1-4-5-9-16-33-23(20-10-7-6-8-11-20)17-21-12-13-22(18-24(21)33)35-25-14-15-26(27(25)29(30,31)32)36-28(34)19(2)3/h6-8,10-13,17-18,25-27H,2,4-5,9,14-16H2,1,3H3. The number of alkyl halides is 3. The van der Waals surface area contributed by atoms with E-state index in [2.05, 4.69) is 36.3 Å². The van der Waals surface area contributed by atoms with Crippen molar-refractivity contribution in [3.63, 3.8) is 0 Å². The number of aryl methyl sites for hydroxylation is 1. The van der Waals surface area contributed by atoms with Crippen LogP contribution < -0.4 is 4.74 Å². The normalized spacial score (nSPS) is 20.0. The molecule has 4 rings (SSSR count). The number of hydrogen-bond donors (Lipinski definition) is 0. The summed E-state index contributed by atoms with van der Waals surface area (Å²) in [5.41, 5.74) is 3.15. The molecule has 3 aromatic rings. The molecule has 0 amide bonds. The molecule has 0 spiro atoms. The largest absolute Gasteiger partial charge is 0.490 e. The molecule has 3 atom stereocenters. The number of esters is 1. The highest BCUT2D eigenvalue weighted by Crippen LogP contribution is 2.43. The summed E-state index contributed by atoms with van der Waals surface area (Å²) in [6, 6.07) is 17.6. The molecule has 1 aliphatic carbocycles. The average Bonchev–Trinajstić information content (AvgIpc) is 3.41. The second-order valence-corrected chi connectivity index (χ2v) is 9.50. The molecule has 1 heterocycles. The first-order valence-electron chi connectivity index (χ1n) is 12.5. The van der Waals surface area contributed by atoms with Gasteiger partial charge in [-0.15, -0.1) is 0 Å². The Kier molecular flexibility index (Phi) is 7.76. The number of ether oxygens (including phenoxy) is 2. The Bertz CT molecular complexity index is 1220. The maximum absolute atomic E-state index is 14.0. The number of hydrogen-bond acceptors (Lipinski definition) is 3. The molecule has 0 aliphatic heterocycles. The lowest BCUT2D eigenvalue weighted by Gasteiger charge is -2.27. The maximum Gasteiger partial charge on any atom is 0.398 e. The zero-order chi connectivity index (χ0) is 25.9. The van der Waals surface area contributed by atoms with Crippen molar-refractivity contribution in [2.75, 3.05) is 0 Å². The fourth-order valence-electron chi connectivity index (χ4n) is 4.94. The average molecular weight is 500 g/mol. The van der Waals surface area contributed by atoms with E-state index in [0.29, 0.717) is 5.75 Å². The number of aromatic nitrogens is 1. The number of unbranched alkanes of at least 4 members (excludes halogenated alkanes) is 2. The van der Waals surface area contributed by atoms with Crippen molar-refractivity contribution in [1.82, 2.24) is 4.57 Å². The van der Waals surface area contributed by atoms with Gasteiger partial charge in [0, 0.05) is 29.3 Å². The molecule has 0 saturated heterocycles. The molecule has 1 saturated carbocycles. The molecular weight excluding hydrogens is 467 g/mol. The van der Waals surface area contributed by atoms with Crippen molar-refractivity contribution in [1.29, 1.82) is 0 Å². The fourth-order valence-corrected chi connectivity index (χ4v) is 4.94. The van der Waals surface area contributed by atoms with E-state index in [1.807, 2.05) is 30.3 Å². The number of fused-ring (bicyclic) bond motifs is 1. The van der Waals surface area contributed by atoms with Crippen LogP contribution in [0.15, 0.2) is 66.7 Å². The Morgan fingerprint density at radius 3 is 2.44 bits per heavy atom. The van der Waals surface area contributed by atoms with Crippen molar-refractivity contribution in [3.8, 4) is 17.0 Å². The Labute approximate surface area is 209 Å². The number of nitrogens with zero attached hydrogens (tertiary/aromatic N) is 1. The highest BCUT2D eigenvalue weighted by Gasteiger charge is 2.55. The molecular formula is C29H32F3NO3. The third kappa shape index (κ3) is 5.61. The van der Waals surface area contributed by atoms with Crippen LogP contribution in [0.5, 0.6) is 5.75 Å². The van der Waals surface area contributed by atoms with Crippen molar-refractivity contribution in [2.45, 2.75) is 70.9 Å². The number of carbonyl (C=O) groups excluding carboxylic acids is 1. The predicted molar refractivity (Wildman–Crippen MR) is 135 cm³/mol. The van der Waals surface area contributed by atoms with Gasteiger partial charge in [-0.05, 0) is 49.9 Å². The van der Waals surface area contributed by atoms with Gasteiger partial charge >= 0.3 is 12.1 Å². The Morgan fingerprint density at radius 1 is 1.06 bits per heavy atom. The van der Waals surface area contributed by atoms with E-state index >= 15 is 0 Å². The number of carbonyl (C=O) groups is 1. The highest BCUT2D eigenvalue weighted by atomic mass is 19.4. The summed E-state index contributed by atoms with van der Waals surface area (Å²) < 4.78 is 55.3. The second kappa shape index (κ2) is 10.8. The quantitative estimate of drug-likeness (QED) is 0.172. The fraction of sp³-hybridized carbons (Fsp3) is 0.414. The Balaban J connectivity index is 1.64. The monoisotopic (exact) mass is 499 g/mol. The van der Waals surface area contributed by atoms with E-state index in [9.17, 15) is 18.0 Å². The van der Waals surface area contributed by atoms with Gasteiger partial charge in [-0.25, -0.2) is 4.79 Å². The van der Waals surface area contributed by atoms with Gasteiger partial charge in [0.25, 0.3) is 0 Å². The van der Waals surface area contributed by atoms with Gasteiger partial charge in [-0.1, -0.05) is 56.7 Å². The van der Waals surface area contributed by atoms with E-state index in [4.69, 9.17) is 9.47 Å². The third-order valence-electron chi connectivity index (χ3n) is 6.74. The van der Waals surface area contributed by atoms with Crippen molar-refractivity contribution in [2.24, 2.45) is 5.92 Å². The number of rotatable bonds is 9. The number of benzene rings is 2. The van der Waals surface area contributed by atoms with Gasteiger partial charge in [0.15, 0.2) is 0 Å². The lowest BCUT2D eigenvalue weighted by molar-refractivity contribution is -0.215. The van der Waals surface area contributed by atoms with Crippen LogP contribution in [0.2, 0.25) is 0 Å². The van der Waals surface area contributed by atoms with E-state index in [1.165, 1.54) is 6.92 Å². The molecule has 1 fully saturated rings. The zero-order valence-electron chi connectivity index (χ0n) is 20.7. The first-order valence-corrected chi connectivity index (χ1v) is 12.5. The number of halogens is 3. The van der Waals surface area contributed by atoms with E-state index in [-0.39, 0.29) is 18.4 Å². The minimum atomic E-state index is -4.56. The summed E-state index contributed by atoms with van der Waals surface area (Å²) in [5.74, 6) is -2.33. The van der Waals surface area contributed by atoms with E-state index in [1.54, 1.807) is 6.07 Å². The molecule has 4 nitrogen and oxygen atoms in total. The van der Waals surface area contributed by atoms with Gasteiger partial charge in [0.05, 0.1) is 5.52 Å². The Morgan fingerprint density at radius 2 is 1.78 bits per heavy atom. The predicted octanol–water partition coefficient (Wildman–Crippen LogP) is 7.71. The smallest absolute Gasteiger partial charge is 0.398 e. The molecule has 0 N–H and O–H groups in total. The summed E-state index contributed by atoms with van der Waals surface area (Å²) in [4.78, 5) is 11.9. The first-order chi connectivity index (χ1) is 17.2. The zero-order valence-corrected chi connectivity index (χ0v) is 20.7. The van der Waals surface area contributed by atoms with Gasteiger partial charge in [0.2, 0.25) is 0 Å². The molecule has 1 aliphatic rings. The summed E-state index contributed by atoms with van der Waals surface area (Å²) in [6.45, 7) is 7.84. The second-order valence-electron chi connectivity index (χ2n) is 9.50. The molecule has 2 aromatic carbocycles. The molecule has 3 unspecified atom stereocenters. The topological polar surface area (TPSA) is 40.5 Å². The summed E-state index contributed by atoms with van der Waals surface area (Å²) in [7, 11) is 0. The lowest BCUT2D eigenvalue weighted by Crippen LogP contribution is -2.41. The summed E-state index contributed by atoms with van der Waals surface area (Å²) >= 11 is 0. The van der Waals surface area contributed by atoms with Crippen LogP contribution in [0.4, 0.5) is 13.2 Å². The van der Waals surface area contributed by atoms with Crippen LogP contribution in [0.25, 0.3) is 22.2 Å². The maximum atomic E-state index is 14.0. The van der Waals surface area contributed by atoms with Gasteiger partial charge in [-0.2, -0.15) is 13.2 Å². The van der Waals surface area contributed by atoms with E-state index in [0.717, 1.165) is 48.0 Å². The summed E-state index contributed by atoms with van der Waals surface area (Å²) in [6.07, 6.45) is -3.58. The summed E-state index contributed by atoms with van der Waals surface area (Å²) in [5, 5.41) is 1.00. The Hall–Kier alpha value is -3.22. The van der Waals surface area contributed by atoms with Crippen LogP contribution in [0.1, 0.15) is 46.0 Å². The third-order valence-corrected chi connectivity index (χ3v) is 6.74. The minimum Gasteiger partial charge on any atom is -0.490 e. The van der Waals surface area contributed by atoms with E-state index < -0.39 is 30.3 Å². The van der Waals surface area contributed by atoms with Crippen molar-refractivity contribution in [3.05, 3.63) is 66.7 Å². The SMILES string of the molecule is C=C(C)C(=O)OC1CCC(Oc2ccc3cc(-c4ccccc4)n(CCCCC)c3c2)C1C(F)(F)F. The molecule has 0 radical (unpaired) electrons. The molecule has 36 heavy (non-hydrogen) atoms. The van der Waals surface area contributed by atoms with Gasteiger partial charge < -0.3 is 14.0 Å². The molecule has 192 valence electrons. The molecule has 7 heteroatoms. The highest BCUT2D eigenvalue weighted by molar-refractivity contribution is 5.88. The lowest BCUT2D eigenvalue weighted by atomic mass is 10.0. The van der Waals surface area contributed by atoms with Crippen LogP contribution in [0, 0.1) is 5.92 Å². The van der Waals surface area contributed by atoms with Gasteiger partial charge in [-0.3, -0.25) is 0 Å². The van der Waals surface area contributed by atoms with Crippen molar-refractivity contribution < 1.29 is 27.4 Å². The van der Waals surface area contributed by atoms with Crippen LogP contribution >= 0.6 is 0 Å². The first kappa shape index (κ1) is 25.9. The van der Waals surface area contributed by atoms with Crippen LogP contribution in [-0.2, 0) is 16.1 Å². The molecule has 0 bridgehead atoms. The minimum absolute atomic E-state index is 0.0730. The van der Waals surface area contributed by atoms with Crippen LogP contribution in [0.3, 0.4) is 0 Å².